The minimum Gasteiger partial charge on any atom is -0.306 e. The van der Waals surface area contributed by atoms with Crippen LogP contribution in [-0.2, 0) is 0 Å². The first-order valence-corrected chi connectivity index (χ1v) is 20.7. The largest absolute Gasteiger partial charge is 0.306 e. The van der Waals surface area contributed by atoms with E-state index in [-0.39, 0.29) is 0 Å². The van der Waals surface area contributed by atoms with Crippen molar-refractivity contribution in [3.05, 3.63) is 237 Å². The zero-order chi connectivity index (χ0) is 40.5. The fourth-order valence-electron chi connectivity index (χ4n) is 8.60. The first-order chi connectivity index (χ1) is 30.2. The van der Waals surface area contributed by atoms with E-state index in [0.717, 1.165) is 72.3 Å². The van der Waals surface area contributed by atoms with E-state index in [0.29, 0.717) is 5.82 Å². The van der Waals surface area contributed by atoms with Gasteiger partial charge in [0, 0.05) is 22.2 Å². The maximum atomic E-state index is 5.50. The number of hydrogen-bond donors (Lipinski definition) is 0. The zero-order valence-electron chi connectivity index (χ0n) is 33.4. The van der Waals surface area contributed by atoms with Crippen molar-refractivity contribution in [1.29, 1.82) is 0 Å². The van der Waals surface area contributed by atoms with Crippen LogP contribution in [0.25, 0.3) is 106 Å². The molecule has 0 unspecified atom stereocenters. The quantitative estimate of drug-likeness (QED) is 0.154. The van der Waals surface area contributed by atoms with E-state index in [1.165, 1.54) is 27.8 Å². The van der Waals surface area contributed by atoms with Crippen molar-refractivity contribution in [2.75, 3.05) is 0 Å². The van der Waals surface area contributed by atoms with Crippen molar-refractivity contribution in [2.24, 2.45) is 0 Å². The molecule has 0 aliphatic rings. The van der Waals surface area contributed by atoms with Gasteiger partial charge in [0.2, 0.25) is 0 Å². The molecular formula is C58H39N3. The molecule has 0 atom stereocenters. The Bertz CT molecular complexity index is 3280. The van der Waals surface area contributed by atoms with Gasteiger partial charge in [-0.1, -0.05) is 182 Å². The van der Waals surface area contributed by atoms with Crippen LogP contribution in [0.1, 0.15) is 0 Å². The van der Waals surface area contributed by atoms with Crippen LogP contribution in [0.3, 0.4) is 0 Å². The van der Waals surface area contributed by atoms with Gasteiger partial charge < -0.3 is 4.57 Å². The molecule has 0 amide bonds. The minimum atomic E-state index is 0.691. The first-order valence-electron chi connectivity index (χ1n) is 20.7. The molecule has 0 spiro atoms. The maximum Gasteiger partial charge on any atom is 0.160 e. The van der Waals surface area contributed by atoms with E-state index in [2.05, 4.69) is 241 Å². The average Bonchev–Trinajstić information content (AvgIpc) is 3.69. The number of nitrogens with zero attached hydrogens (tertiary/aromatic N) is 3. The van der Waals surface area contributed by atoms with Crippen molar-refractivity contribution >= 4 is 21.9 Å². The third kappa shape index (κ3) is 6.88. The number of fused-ring (bicyclic) bond motifs is 3. The molecule has 61 heavy (non-hydrogen) atoms. The third-order valence-corrected chi connectivity index (χ3v) is 11.6. The topological polar surface area (TPSA) is 30.7 Å². The molecule has 0 bridgehead atoms. The standard InChI is InChI=1S/C58H39N3/c1-5-18-40(19-6-1)43-24-17-29-48(36-43)58-59-55(57-56(60-58)53-32-13-14-33-54(53)61(57)52-30-11-4-12-31-52)47-28-16-26-45(35-47)44-25-15-27-46(34-44)51-38-49(41-20-7-2-8-21-41)37-50(39-51)42-22-9-3-10-23-42/h1-39H. The molecule has 0 aliphatic heterocycles. The van der Waals surface area contributed by atoms with Crippen LogP contribution in [0.4, 0.5) is 0 Å². The molecule has 0 fully saturated rings. The van der Waals surface area contributed by atoms with Gasteiger partial charge in [0.05, 0.1) is 16.7 Å². The number of benzene rings is 9. The molecule has 286 valence electrons. The fraction of sp³-hybridized carbons (Fsp3) is 0. The van der Waals surface area contributed by atoms with E-state index in [1.807, 2.05) is 0 Å². The van der Waals surface area contributed by atoms with Crippen molar-refractivity contribution in [2.45, 2.75) is 0 Å². The van der Waals surface area contributed by atoms with Gasteiger partial charge in [-0.15, -0.1) is 0 Å². The van der Waals surface area contributed by atoms with Gasteiger partial charge in [0.1, 0.15) is 5.52 Å². The minimum absolute atomic E-state index is 0.691. The Kier molecular flexibility index (Phi) is 9.18. The predicted octanol–water partition coefficient (Wildman–Crippen LogP) is 15.2. The molecule has 11 rings (SSSR count). The second kappa shape index (κ2) is 15.6. The summed E-state index contributed by atoms with van der Waals surface area (Å²) in [7, 11) is 0. The van der Waals surface area contributed by atoms with Gasteiger partial charge in [0.15, 0.2) is 5.82 Å². The number of para-hydroxylation sites is 2. The number of aromatic nitrogens is 3. The number of rotatable bonds is 8. The molecule has 3 heteroatoms. The lowest BCUT2D eigenvalue weighted by molar-refractivity contribution is 1.15. The fourth-order valence-corrected chi connectivity index (χ4v) is 8.60. The maximum absolute atomic E-state index is 5.50. The summed E-state index contributed by atoms with van der Waals surface area (Å²) in [5, 5.41) is 1.09. The summed E-state index contributed by atoms with van der Waals surface area (Å²) in [6.07, 6.45) is 0. The highest BCUT2D eigenvalue weighted by Crippen LogP contribution is 2.40. The Morgan fingerprint density at radius 1 is 0.279 bits per heavy atom. The van der Waals surface area contributed by atoms with Gasteiger partial charge in [0.25, 0.3) is 0 Å². The summed E-state index contributed by atoms with van der Waals surface area (Å²) >= 11 is 0. The summed E-state index contributed by atoms with van der Waals surface area (Å²) < 4.78 is 2.32. The Balaban J connectivity index is 1.09. The summed E-state index contributed by atoms with van der Waals surface area (Å²) in [4.78, 5) is 10.9. The van der Waals surface area contributed by atoms with E-state index < -0.39 is 0 Å². The highest BCUT2D eigenvalue weighted by atomic mass is 15.0. The van der Waals surface area contributed by atoms with Crippen LogP contribution >= 0.6 is 0 Å². The molecule has 0 saturated heterocycles. The Morgan fingerprint density at radius 3 is 1.25 bits per heavy atom. The molecule has 2 aromatic heterocycles. The van der Waals surface area contributed by atoms with E-state index >= 15 is 0 Å². The lowest BCUT2D eigenvalue weighted by Gasteiger charge is -2.14. The Morgan fingerprint density at radius 2 is 0.656 bits per heavy atom. The van der Waals surface area contributed by atoms with Gasteiger partial charge in [-0.2, -0.15) is 0 Å². The molecular weight excluding hydrogens is 739 g/mol. The van der Waals surface area contributed by atoms with E-state index in [4.69, 9.17) is 9.97 Å². The predicted molar refractivity (Wildman–Crippen MR) is 254 cm³/mol. The van der Waals surface area contributed by atoms with Gasteiger partial charge in [-0.05, 0) is 110 Å². The van der Waals surface area contributed by atoms with Gasteiger partial charge >= 0.3 is 0 Å². The molecule has 0 saturated carbocycles. The Labute approximate surface area is 355 Å². The molecule has 0 aliphatic carbocycles. The smallest absolute Gasteiger partial charge is 0.160 e. The molecule has 9 aromatic carbocycles. The third-order valence-electron chi connectivity index (χ3n) is 11.6. The summed E-state index contributed by atoms with van der Waals surface area (Å²) in [5.41, 5.74) is 18.6. The Hall–Kier alpha value is -8.14. The normalized spacial score (nSPS) is 11.3. The molecule has 2 heterocycles. The molecule has 3 nitrogen and oxygen atoms in total. The zero-order valence-corrected chi connectivity index (χ0v) is 33.4. The van der Waals surface area contributed by atoms with Crippen LogP contribution in [0, 0.1) is 0 Å². The molecule has 0 N–H and O–H groups in total. The van der Waals surface area contributed by atoms with Crippen molar-refractivity contribution in [3.8, 4) is 84.0 Å². The summed E-state index contributed by atoms with van der Waals surface area (Å²) in [5.74, 6) is 0.691. The van der Waals surface area contributed by atoms with Crippen LogP contribution in [0.15, 0.2) is 237 Å². The monoisotopic (exact) mass is 777 g/mol. The van der Waals surface area contributed by atoms with Crippen molar-refractivity contribution in [1.82, 2.24) is 14.5 Å². The highest BCUT2D eigenvalue weighted by molar-refractivity contribution is 6.11. The van der Waals surface area contributed by atoms with Crippen LogP contribution in [0.5, 0.6) is 0 Å². The number of hydrogen-bond acceptors (Lipinski definition) is 2. The van der Waals surface area contributed by atoms with Crippen molar-refractivity contribution < 1.29 is 0 Å². The second-order valence-corrected chi connectivity index (χ2v) is 15.4. The average molecular weight is 778 g/mol. The van der Waals surface area contributed by atoms with Crippen molar-refractivity contribution in [3.63, 3.8) is 0 Å². The van der Waals surface area contributed by atoms with Crippen LogP contribution < -0.4 is 0 Å². The lowest BCUT2D eigenvalue weighted by atomic mass is 9.92. The van der Waals surface area contributed by atoms with Crippen LogP contribution in [0.2, 0.25) is 0 Å². The van der Waals surface area contributed by atoms with E-state index in [9.17, 15) is 0 Å². The SMILES string of the molecule is c1ccc(-c2cc(-c3ccccc3)cc(-c3cccc(-c4cccc(-c5nc(-c6cccc(-c7ccccc7)c6)nc6c7ccccc7n(-c7ccccc7)c56)c4)c3)c2)cc1. The van der Waals surface area contributed by atoms with E-state index in [1.54, 1.807) is 0 Å². The first kappa shape index (κ1) is 36.0. The molecule has 0 radical (unpaired) electrons. The van der Waals surface area contributed by atoms with Crippen LogP contribution in [-0.4, -0.2) is 14.5 Å². The lowest BCUT2D eigenvalue weighted by Crippen LogP contribution is -2.00. The highest BCUT2D eigenvalue weighted by Gasteiger charge is 2.21. The van der Waals surface area contributed by atoms with Gasteiger partial charge in [-0.25, -0.2) is 9.97 Å². The summed E-state index contributed by atoms with van der Waals surface area (Å²) in [6, 6.07) is 84.1. The summed E-state index contributed by atoms with van der Waals surface area (Å²) in [6.45, 7) is 0. The second-order valence-electron chi connectivity index (χ2n) is 15.4. The molecule has 11 aromatic rings. The van der Waals surface area contributed by atoms with Gasteiger partial charge in [-0.3, -0.25) is 0 Å².